The molecule has 0 spiro atoms. The fourth-order valence-electron chi connectivity index (χ4n) is 4.47. The lowest BCUT2D eigenvalue weighted by molar-refractivity contribution is 0.0325. The number of nitrogens with zero attached hydrogens (tertiary/aromatic N) is 2. The first-order chi connectivity index (χ1) is 25.7. The normalized spacial score (nSPS) is 11.7. The Morgan fingerprint density at radius 2 is 1.07 bits per heavy atom. The maximum atomic E-state index is 13.1. The van der Waals surface area contributed by atoms with Gasteiger partial charge < -0.3 is 34.2 Å². The summed E-state index contributed by atoms with van der Waals surface area (Å²) in [6.07, 6.45) is -3.55. The molecule has 17 heteroatoms. The van der Waals surface area contributed by atoms with E-state index >= 15 is 0 Å². The van der Waals surface area contributed by atoms with Crippen LogP contribution in [-0.4, -0.2) is 94.8 Å². The second kappa shape index (κ2) is 19.3. The van der Waals surface area contributed by atoms with Gasteiger partial charge in [0.15, 0.2) is 0 Å². The summed E-state index contributed by atoms with van der Waals surface area (Å²) in [6.45, 7) is 19.8. The van der Waals surface area contributed by atoms with Crippen molar-refractivity contribution in [3.05, 3.63) is 48.0 Å². The van der Waals surface area contributed by atoms with Crippen LogP contribution in [-0.2, 0) is 25.5 Å². The Morgan fingerprint density at radius 3 is 1.50 bits per heavy atom. The monoisotopic (exact) mass is 785 g/mol. The van der Waals surface area contributed by atoms with Crippen LogP contribution in [0.5, 0.6) is 11.5 Å². The van der Waals surface area contributed by atoms with E-state index in [0.717, 1.165) is 15.4 Å². The molecule has 0 radical (unpaired) electrons. The number of nitrogens with one attached hydrogen (secondary N) is 4. The minimum atomic E-state index is -0.910. The lowest BCUT2D eigenvalue weighted by Gasteiger charge is -2.28. The van der Waals surface area contributed by atoms with Gasteiger partial charge in [0, 0.05) is 12.1 Å². The van der Waals surface area contributed by atoms with Gasteiger partial charge in [-0.1, -0.05) is 18.2 Å². The largest absolute Gasteiger partial charge is 0.492 e. The molecule has 0 atom stereocenters. The van der Waals surface area contributed by atoms with Gasteiger partial charge in [-0.05, 0) is 118 Å². The number of ether oxygens (including phenoxy) is 6. The maximum Gasteiger partial charge on any atom is 0.417 e. The van der Waals surface area contributed by atoms with Crippen molar-refractivity contribution in [3.63, 3.8) is 0 Å². The van der Waals surface area contributed by atoms with Gasteiger partial charge in [0.1, 0.15) is 47.1 Å². The van der Waals surface area contributed by atoms with Gasteiger partial charge in [0.25, 0.3) is 0 Å². The van der Waals surface area contributed by atoms with Gasteiger partial charge in [-0.25, -0.2) is 29.0 Å². The number of carbonyl (C=O) groups excluding carboxylic acids is 4. The number of rotatable bonds is 10. The van der Waals surface area contributed by atoms with Crippen molar-refractivity contribution in [1.29, 1.82) is 10.8 Å². The van der Waals surface area contributed by atoms with Gasteiger partial charge in [-0.3, -0.25) is 21.5 Å². The Hall–Kier alpha value is -5.58. The molecule has 6 N–H and O–H groups in total. The van der Waals surface area contributed by atoms with Crippen molar-refractivity contribution >= 4 is 36.3 Å². The lowest BCUT2D eigenvalue weighted by atomic mass is 10.0. The zero-order chi connectivity index (χ0) is 42.6. The number of hydrogen-bond donors (Lipinski definition) is 5. The number of nitrogens with two attached hydrogens (primary N) is 1. The number of amides is 4. The van der Waals surface area contributed by atoms with Crippen LogP contribution < -0.4 is 25.8 Å². The molecule has 310 valence electrons. The first kappa shape index (κ1) is 46.6. The Kier molecular flexibility index (Phi) is 16.1. The molecule has 0 aliphatic rings. The maximum absolute atomic E-state index is 13.1. The summed E-state index contributed by atoms with van der Waals surface area (Å²) in [5.74, 6) is -0.262. The summed E-state index contributed by atoms with van der Waals surface area (Å²) in [6, 6.07) is 12.4. The summed E-state index contributed by atoms with van der Waals surface area (Å²) < 4.78 is 33.5. The van der Waals surface area contributed by atoms with E-state index in [1.54, 1.807) is 113 Å². The molecule has 0 aromatic heterocycles. The van der Waals surface area contributed by atoms with Gasteiger partial charge in [-0.15, -0.1) is 0 Å². The molecule has 2 rings (SSSR count). The third kappa shape index (κ3) is 17.3. The molecule has 0 saturated heterocycles. The highest BCUT2D eigenvalue weighted by Gasteiger charge is 2.29. The number of benzene rings is 2. The average Bonchev–Trinajstić information content (AvgIpc) is 3.01. The molecule has 4 amide bonds. The summed E-state index contributed by atoms with van der Waals surface area (Å²) in [5.41, 5.74) is 4.69. The molecule has 0 bridgehead atoms. The molecule has 0 saturated carbocycles. The van der Waals surface area contributed by atoms with Crippen LogP contribution in [0.25, 0.3) is 11.1 Å². The van der Waals surface area contributed by atoms with Crippen LogP contribution in [0.2, 0.25) is 0 Å². The van der Waals surface area contributed by atoms with Crippen molar-refractivity contribution in [1.82, 2.24) is 20.4 Å². The highest BCUT2D eigenvalue weighted by molar-refractivity contribution is 6.00. The van der Waals surface area contributed by atoms with E-state index in [0.29, 0.717) is 22.6 Å². The molecule has 56 heavy (non-hydrogen) atoms. The lowest BCUT2D eigenvalue weighted by Crippen LogP contribution is -2.50. The Balaban J connectivity index is 2.28. The summed E-state index contributed by atoms with van der Waals surface area (Å²) in [5, 5.41) is 21.4. The summed E-state index contributed by atoms with van der Waals surface area (Å²) in [7, 11) is 0. The Bertz CT molecular complexity index is 1720. The van der Waals surface area contributed by atoms with Crippen molar-refractivity contribution in [2.75, 3.05) is 26.3 Å². The van der Waals surface area contributed by atoms with E-state index in [2.05, 4.69) is 10.6 Å². The molecule has 0 aliphatic carbocycles. The van der Waals surface area contributed by atoms with E-state index in [-0.39, 0.29) is 32.8 Å². The van der Waals surface area contributed by atoms with E-state index in [1.807, 2.05) is 12.1 Å². The minimum Gasteiger partial charge on any atom is -0.492 e. The molecular formula is C39H59N7O10. The molecule has 0 aliphatic heterocycles. The number of hydrogen-bond acceptors (Lipinski definition) is 13. The van der Waals surface area contributed by atoms with E-state index in [1.165, 1.54) is 0 Å². The van der Waals surface area contributed by atoms with Crippen LogP contribution >= 0.6 is 0 Å². The van der Waals surface area contributed by atoms with Crippen LogP contribution in [0.1, 0.15) is 88.6 Å². The fourth-order valence-corrected chi connectivity index (χ4v) is 4.47. The quantitative estimate of drug-likeness (QED) is 0.0939. The number of carbonyl (C=O) groups is 4. The fraction of sp³-hybridized carbons (Fsp3) is 0.538. The van der Waals surface area contributed by atoms with Crippen LogP contribution in [0, 0.1) is 10.8 Å². The Labute approximate surface area is 329 Å². The number of guanidine groups is 2. The molecule has 2 aromatic rings. The zero-order valence-electron chi connectivity index (χ0n) is 34.6. The van der Waals surface area contributed by atoms with Crippen molar-refractivity contribution < 1.29 is 47.6 Å². The SMILES string of the molecule is CC(C)(C)OC(=O)NC(=N)N(CCOc1cccc(-c2cc(CN)ccc2OCCN(C(=N)NC(=O)OC(C)(C)C)C(=O)OC(C)(C)C)c1)C(=O)OC(C)(C)C. The van der Waals surface area contributed by atoms with Gasteiger partial charge in [0.05, 0.1) is 13.1 Å². The molecule has 0 fully saturated rings. The standard InChI is InChI=1S/C39H59N7O10/c1-36(2,3)53-32(47)43-30(41)45(34(49)55-38(7,8)9)18-20-51-27-15-13-14-26(23-27)28-22-25(24-40)16-17-29(28)52-21-19-46(35(50)56-39(10,11)12)31(42)44-33(48)54-37(4,5)6/h13-17,22-23H,18-21,24,40H2,1-12H3,(H2,41,43,47)(H2,42,44,48). The third-order valence-corrected chi connectivity index (χ3v) is 6.59. The second-order valence-corrected chi connectivity index (χ2v) is 16.5. The molecule has 0 unspecified atom stereocenters. The van der Waals surface area contributed by atoms with Crippen molar-refractivity contribution in [2.24, 2.45) is 5.73 Å². The minimum absolute atomic E-state index is 0.0863. The van der Waals surface area contributed by atoms with Crippen molar-refractivity contribution in [2.45, 2.75) is 112 Å². The zero-order valence-corrected chi connectivity index (χ0v) is 34.6. The van der Waals surface area contributed by atoms with Crippen molar-refractivity contribution in [3.8, 4) is 22.6 Å². The van der Waals surface area contributed by atoms with E-state index in [4.69, 9.17) is 45.0 Å². The van der Waals surface area contributed by atoms with Gasteiger partial charge in [0.2, 0.25) is 11.9 Å². The smallest absolute Gasteiger partial charge is 0.417 e. The average molecular weight is 786 g/mol. The summed E-state index contributed by atoms with van der Waals surface area (Å²) >= 11 is 0. The Morgan fingerprint density at radius 1 is 0.625 bits per heavy atom. The topological polar surface area (TPSA) is 228 Å². The molecule has 2 aromatic carbocycles. The summed E-state index contributed by atoms with van der Waals surface area (Å²) in [4.78, 5) is 52.8. The van der Waals surface area contributed by atoms with E-state index in [9.17, 15) is 19.2 Å². The third-order valence-electron chi connectivity index (χ3n) is 6.59. The van der Waals surface area contributed by atoms with E-state index < -0.39 is 58.7 Å². The van der Waals surface area contributed by atoms with Crippen LogP contribution in [0.4, 0.5) is 19.2 Å². The van der Waals surface area contributed by atoms with Gasteiger partial charge >= 0.3 is 24.4 Å². The predicted octanol–water partition coefficient (Wildman–Crippen LogP) is 6.96. The molecule has 0 heterocycles. The molecular weight excluding hydrogens is 726 g/mol. The van der Waals surface area contributed by atoms with Gasteiger partial charge in [-0.2, -0.15) is 0 Å². The van der Waals surface area contributed by atoms with Crippen LogP contribution in [0.15, 0.2) is 42.5 Å². The highest BCUT2D eigenvalue weighted by Crippen LogP contribution is 2.33. The highest BCUT2D eigenvalue weighted by atomic mass is 16.6. The second-order valence-electron chi connectivity index (χ2n) is 16.5. The van der Waals surface area contributed by atoms with Crippen LogP contribution in [0.3, 0.4) is 0 Å². The number of alkyl carbamates (subject to hydrolysis) is 2. The predicted molar refractivity (Wildman–Crippen MR) is 211 cm³/mol. The first-order valence-electron chi connectivity index (χ1n) is 18.0. The first-order valence-corrected chi connectivity index (χ1v) is 18.0. The molecule has 17 nitrogen and oxygen atoms in total.